The van der Waals surface area contributed by atoms with Gasteiger partial charge in [-0.3, -0.25) is 0 Å². The van der Waals surface area contributed by atoms with Crippen LogP contribution in [-0.4, -0.2) is 13.6 Å². The number of rotatable bonds is 4. The molecular weight excluding hydrogens is 236 g/mol. The van der Waals surface area contributed by atoms with E-state index in [4.69, 9.17) is 15.8 Å². The lowest BCUT2D eigenvalue weighted by Gasteiger charge is -2.33. The molecule has 90 valence electrons. The minimum Gasteiger partial charge on any atom is -0.379 e. The van der Waals surface area contributed by atoms with Gasteiger partial charge in [0.15, 0.2) is 7.38 Å². The van der Waals surface area contributed by atoms with E-state index in [-0.39, 0.29) is 5.04 Å². The van der Waals surface area contributed by atoms with Crippen LogP contribution in [0.25, 0.3) is 0 Å². The fourth-order valence-corrected chi connectivity index (χ4v) is 2.30. The van der Waals surface area contributed by atoms with Crippen molar-refractivity contribution in [1.29, 1.82) is 0 Å². The van der Waals surface area contributed by atoms with Crippen molar-refractivity contribution in [2.75, 3.05) is 6.23 Å². The summed E-state index contributed by atoms with van der Waals surface area (Å²) in [7, 11) is -1.81. The standard InChI is InChI=1S/C13H21ClOSi/c1-13(2,3)16(4,14)11-15-10-12-8-6-5-7-9-12/h5-9H,10-11H2,1-4H3. The van der Waals surface area contributed by atoms with Crippen molar-refractivity contribution < 1.29 is 4.74 Å². The number of hydrogen-bond donors (Lipinski definition) is 0. The molecule has 0 amide bonds. The van der Waals surface area contributed by atoms with Crippen LogP contribution in [0.5, 0.6) is 0 Å². The summed E-state index contributed by atoms with van der Waals surface area (Å²) in [5, 5.41) is 0.172. The molecule has 0 N–H and O–H groups in total. The highest BCUT2D eigenvalue weighted by Gasteiger charge is 2.38. The van der Waals surface area contributed by atoms with E-state index in [0.717, 1.165) is 0 Å². The molecule has 0 aliphatic carbocycles. The summed E-state index contributed by atoms with van der Waals surface area (Å²) >= 11 is 6.59. The van der Waals surface area contributed by atoms with Gasteiger partial charge in [-0.2, -0.15) is 11.1 Å². The smallest absolute Gasteiger partial charge is 0.184 e. The Hall–Kier alpha value is -0.313. The summed E-state index contributed by atoms with van der Waals surface area (Å²) in [5.41, 5.74) is 1.21. The van der Waals surface area contributed by atoms with E-state index in [1.165, 1.54) is 5.56 Å². The minimum absolute atomic E-state index is 0.172. The van der Waals surface area contributed by atoms with Crippen LogP contribution in [0.15, 0.2) is 30.3 Å². The van der Waals surface area contributed by atoms with E-state index in [2.05, 4.69) is 39.5 Å². The van der Waals surface area contributed by atoms with E-state index in [9.17, 15) is 0 Å². The lowest BCUT2D eigenvalue weighted by molar-refractivity contribution is 0.158. The van der Waals surface area contributed by atoms with Gasteiger partial charge in [0.05, 0.1) is 12.8 Å². The second kappa shape index (κ2) is 5.35. The molecule has 1 nitrogen and oxygen atoms in total. The number of ether oxygens (including phenoxy) is 1. The van der Waals surface area contributed by atoms with Crippen LogP contribution in [0, 0.1) is 0 Å². The second-order valence-corrected chi connectivity index (χ2v) is 12.1. The quantitative estimate of drug-likeness (QED) is 0.575. The zero-order chi connectivity index (χ0) is 12.2. The van der Waals surface area contributed by atoms with E-state index in [1.54, 1.807) is 0 Å². The first-order valence-electron chi connectivity index (χ1n) is 5.63. The van der Waals surface area contributed by atoms with Crippen LogP contribution < -0.4 is 0 Å². The summed E-state index contributed by atoms with van der Waals surface area (Å²) < 4.78 is 5.74. The molecule has 1 unspecified atom stereocenters. The van der Waals surface area contributed by atoms with Gasteiger partial charge in [-0.25, -0.2) is 0 Å². The highest BCUT2D eigenvalue weighted by molar-refractivity contribution is 7.21. The van der Waals surface area contributed by atoms with Crippen molar-refractivity contribution in [2.24, 2.45) is 0 Å². The molecule has 1 aromatic carbocycles. The first kappa shape index (κ1) is 13.8. The lowest BCUT2D eigenvalue weighted by atomic mass is 10.2. The second-order valence-electron chi connectivity index (χ2n) is 5.43. The van der Waals surface area contributed by atoms with Gasteiger partial charge < -0.3 is 4.74 Å². The van der Waals surface area contributed by atoms with E-state index in [1.807, 2.05) is 18.2 Å². The molecule has 0 spiro atoms. The summed E-state index contributed by atoms with van der Waals surface area (Å²) in [4.78, 5) is 0. The summed E-state index contributed by atoms with van der Waals surface area (Å²) in [6, 6.07) is 10.2. The van der Waals surface area contributed by atoms with Crippen LogP contribution in [0.3, 0.4) is 0 Å². The van der Waals surface area contributed by atoms with Crippen LogP contribution in [0.1, 0.15) is 26.3 Å². The SMILES string of the molecule is CC(C)(C)[Si](C)(Cl)COCc1ccccc1. The molecule has 0 aromatic heterocycles. The molecule has 1 atom stereocenters. The Labute approximate surface area is 104 Å². The van der Waals surface area contributed by atoms with Gasteiger partial charge in [-0.15, -0.1) is 0 Å². The monoisotopic (exact) mass is 256 g/mol. The van der Waals surface area contributed by atoms with Crippen molar-refractivity contribution in [3.8, 4) is 0 Å². The molecule has 0 saturated carbocycles. The number of hydrogen-bond acceptors (Lipinski definition) is 1. The van der Waals surface area contributed by atoms with Crippen molar-refractivity contribution in [3.63, 3.8) is 0 Å². The highest BCUT2D eigenvalue weighted by Crippen LogP contribution is 2.38. The maximum Gasteiger partial charge on any atom is 0.184 e. The predicted molar refractivity (Wildman–Crippen MR) is 73.3 cm³/mol. The maximum atomic E-state index is 6.59. The van der Waals surface area contributed by atoms with Crippen molar-refractivity contribution >= 4 is 18.5 Å². The molecule has 0 fully saturated rings. The molecule has 0 bridgehead atoms. The molecule has 1 aromatic rings. The third kappa shape index (κ3) is 3.93. The van der Waals surface area contributed by atoms with E-state index in [0.29, 0.717) is 12.8 Å². The van der Waals surface area contributed by atoms with Gasteiger partial charge in [0.25, 0.3) is 0 Å². The number of benzene rings is 1. The Morgan fingerprint density at radius 3 is 2.25 bits per heavy atom. The molecule has 1 rings (SSSR count). The largest absolute Gasteiger partial charge is 0.379 e. The van der Waals surface area contributed by atoms with E-state index < -0.39 is 7.38 Å². The molecule has 0 aliphatic rings. The van der Waals surface area contributed by atoms with Crippen LogP contribution in [0.2, 0.25) is 11.6 Å². The average Bonchev–Trinajstić information content (AvgIpc) is 2.17. The fraction of sp³-hybridized carbons (Fsp3) is 0.538. The Morgan fingerprint density at radius 1 is 1.19 bits per heavy atom. The lowest BCUT2D eigenvalue weighted by Crippen LogP contribution is -2.40. The van der Waals surface area contributed by atoms with Gasteiger partial charge in [0.2, 0.25) is 0 Å². The summed E-state index contributed by atoms with van der Waals surface area (Å²) in [5.74, 6) is 0. The normalized spacial score (nSPS) is 15.8. The Kier molecular flexibility index (Phi) is 4.59. The van der Waals surface area contributed by atoms with Gasteiger partial charge in [-0.05, 0) is 10.6 Å². The molecule has 0 radical (unpaired) electrons. The van der Waals surface area contributed by atoms with Crippen LogP contribution >= 0.6 is 11.1 Å². The molecule has 16 heavy (non-hydrogen) atoms. The summed E-state index contributed by atoms with van der Waals surface area (Å²) in [6.07, 6.45) is 0.701. The molecule has 0 heterocycles. The summed E-state index contributed by atoms with van der Waals surface area (Å²) in [6.45, 7) is 9.40. The van der Waals surface area contributed by atoms with Gasteiger partial charge >= 0.3 is 0 Å². The topological polar surface area (TPSA) is 9.23 Å². The minimum atomic E-state index is -1.81. The number of halogens is 1. The van der Waals surface area contributed by atoms with E-state index >= 15 is 0 Å². The van der Waals surface area contributed by atoms with Gasteiger partial charge in [0.1, 0.15) is 0 Å². The zero-order valence-electron chi connectivity index (χ0n) is 10.6. The Balaban J connectivity index is 2.42. The third-order valence-corrected chi connectivity index (χ3v) is 8.95. The van der Waals surface area contributed by atoms with Crippen molar-refractivity contribution in [3.05, 3.63) is 35.9 Å². The molecular formula is C13H21ClOSi. The Morgan fingerprint density at radius 2 is 1.75 bits per heavy atom. The molecule has 0 saturated heterocycles. The first-order valence-corrected chi connectivity index (χ1v) is 9.35. The molecule has 0 aliphatic heterocycles. The van der Waals surface area contributed by atoms with Crippen LogP contribution in [-0.2, 0) is 11.3 Å². The van der Waals surface area contributed by atoms with Crippen molar-refractivity contribution in [2.45, 2.75) is 39.0 Å². The zero-order valence-corrected chi connectivity index (χ0v) is 12.3. The third-order valence-electron chi connectivity index (χ3n) is 3.05. The average molecular weight is 257 g/mol. The fourth-order valence-electron chi connectivity index (χ4n) is 1.15. The van der Waals surface area contributed by atoms with Gasteiger partial charge in [-0.1, -0.05) is 57.7 Å². The maximum absolute atomic E-state index is 6.59. The Bertz CT molecular complexity index is 316. The first-order chi connectivity index (χ1) is 7.33. The van der Waals surface area contributed by atoms with Crippen LogP contribution in [0.4, 0.5) is 0 Å². The van der Waals surface area contributed by atoms with Crippen molar-refractivity contribution in [1.82, 2.24) is 0 Å². The predicted octanol–water partition coefficient (Wildman–Crippen LogP) is 4.36. The molecule has 3 heteroatoms. The van der Waals surface area contributed by atoms with Gasteiger partial charge in [0, 0.05) is 0 Å². The highest BCUT2D eigenvalue weighted by atomic mass is 35.6.